The summed E-state index contributed by atoms with van der Waals surface area (Å²) in [5.41, 5.74) is 6.21. The summed E-state index contributed by atoms with van der Waals surface area (Å²) >= 11 is 0. The molecular weight excluding hydrogens is 374 g/mol. The molecule has 0 aromatic carbocycles. The van der Waals surface area contributed by atoms with E-state index in [1.165, 1.54) is 0 Å². The van der Waals surface area contributed by atoms with Gasteiger partial charge in [0.05, 0.1) is 28.0 Å². The molecule has 0 atom stereocenters. The van der Waals surface area contributed by atoms with Crippen LogP contribution in [-0.2, 0) is 11.8 Å². The Morgan fingerprint density at radius 2 is 1.93 bits per heavy atom. The third-order valence-electron chi connectivity index (χ3n) is 6.24. The first-order chi connectivity index (χ1) is 14.6. The molecule has 0 unspecified atom stereocenters. The van der Waals surface area contributed by atoms with E-state index < -0.39 is 0 Å². The van der Waals surface area contributed by atoms with Crippen LogP contribution in [0.25, 0.3) is 11.2 Å². The number of aromatic nitrogens is 6. The van der Waals surface area contributed by atoms with Gasteiger partial charge in [0, 0.05) is 18.9 Å². The number of imidazole rings is 1. The highest BCUT2D eigenvalue weighted by atomic mass is 15.2. The molecule has 2 aliphatic rings. The molecule has 6 rings (SSSR count). The predicted molar refractivity (Wildman–Crippen MR) is 115 cm³/mol. The average molecular weight is 397 g/mol. The molecule has 30 heavy (non-hydrogen) atoms. The summed E-state index contributed by atoms with van der Waals surface area (Å²) in [6.07, 6.45) is 7.87. The van der Waals surface area contributed by atoms with Gasteiger partial charge in [-0.05, 0) is 69.4 Å². The quantitative estimate of drug-likeness (QED) is 0.564. The van der Waals surface area contributed by atoms with E-state index in [4.69, 9.17) is 9.97 Å². The summed E-state index contributed by atoms with van der Waals surface area (Å²) < 4.78 is 0. The highest BCUT2D eigenvalue weighted by Crippen LogP contribution is 2.52. The lowest BCUT2D eigenvalue weighted by molar-refractivity contribution is 0.699. The lowest BCUT2D eigenvalue weighted by atomic mass is 9.98. The Morgan fingerprint density at radius 3 is 2.77 bits per heavy atom. The van der Waals surface area contributed by atoms with Gasteiger partial charge in [0.15, 0.2) is 5.65 Å². The third-order valence-corrected chi connectivity index (χ3v) is 6.24. The van der Waals surface area contributed by atoms with Gasteiger partial charge in [-0.1, -0.05) is 0 Å². The largest absolute Gasteiger partial charge is 0.340 e. The van der Waals surface area contributed by atoms with Crippen LogP contribution in [0.1, 0.15) is 47.9 Å². The molecule has 4 aromatic rings. The van der Waals surface area contributed by atoms with Gasteiger partial charge < -0.3 is 9.88 Å². The van der Waals surface area contributed by atoms with Crippen LogP contribution in [0.15, 0.2) is 36.7 Å². The maximum absolute atomic E-state index is 5.14. The molecule has 1 fully saturated rings. The number of hydrogen-bond donors (Lipinski definition) is 1. The van der Waals surface area contributed by atoms with Gasteiger partial charge in [-0.2, -0.15) is 0 Å². The Bertz CT molecular complexity index is 1270. The van der Waals surface area contributed by atoms with Crippen LogP contribution in [-0.4, -0.2) is 36.4 Å². The lowest BCUT2D eigenvalue weighted by Crippen LogP contribution is -2.27. The summed E-state index contributed by atoms with van der Waals surface area (Å²) in [7, 11) is 0. The third kappa shape index (κ3) is 2.69. The van der Waals surface area contributed by atoms with Gasteiger partial charge in [-0.15, -0.1) is 0 Å². The smallest absolute Gasteiger partial charge is 0.177 e. The molecule has 0 amide bonds. The number of fused-ring (bicyclic) bond motifs is 2. The summed E-state index contributed by atoms with van der Waals surface area (Å²) in [5.74, 6) is 2.72. The Hall–Kier alpha value is -3.35. The zero-order chi connectivity index (χ0) is 20.3. The average Bonchev–Trinajstić information content (AvgIpc) is 3.46. The molecular formula is C23H23N7. The molecule has 7 heteroatoms. The highest BCUT2D eigenvalue weighted by Gasteiger charge is 2.50. The molecule has 0 bridgehead atoms. The fourth-order valence-electron chi connectivity index (χ4n) is 4.52. The second kappa shape index (κ2) is 6.32. The molecule has 0 saturated heterocycles. The van der Waals surface area contributed by atoms with Crippen LogP contribution in [0.3, 0.4) is 0 Å². The predicted octanol–water partition coefficient (Wildman–Crippen LogP) is 3.92. The number of aryl methyl sites for hydroxylation is 3. The first-order valence-electron chi connectivity index (χ1n) is 10.5. The van der Waals surface area contributed by atoms with Crippen LogP contribution in [0.4, 0.5) is 11.5 Å². The monoisotopic (exact) mass is 397 g/mol. The molecule has 1 N–H and O–H groups in total. The van der Waals surface area contributed by atoms with E-state index in [1.807, 2.05) is 25.4 Å². The highest BCUT2D eigenvalue weighted by molar-refractivity contribution is 5.72. The normalized spacial score (nSPS) is 17.2. The standard InChI is InChI=1S/C23H23N7/c1-14-12-17-21(25-13-14)29-22(28-17)23(8-9-23)19-6-5-18-16(27-19)4-3-11-30(18)20-7-10-24-15(2)26-20/h5-7,10,12-13H,3-4,8-9,11H2,1-2H3,(H,25,28,29). The van der Waals surface area contributed by atoms with Crippen molar-refractivity contribution in [3.63, 3.8) is 0 Å². The number of rotatable bonds is 3. The van der Waals surface area contributed by atoms with Crippen molar-refractivity contribution in [1.29, 1.82) is 0 Å². The van der Waals surface area contributed by atoms with Crippen molar-refractivity contribution in [2.75, 3.05) is 11.4 Å². The number of nitrogens with one attached hydrogen (secondary N) is 1. The van der Waals surface area contributed by atoms with Crippen LogP contribution >= 0.6 is 0 Å². The molecule has 1 aliphatic heterocycles. The summed E-state index contributed by atoms with van der Waals surface area (Å²) in [4.78, 5) is 29.1. The Labute approximate surface area is 174 Å². The summed E-state index contributed by atoms with van der Waals surface area (Å²) in [6.45, 7) is 4.93. The summed E-state index contributed by atoms with van der Waals surface area (Å²) in [5, 5.41) is 0. The van der Waals surface area contributed by atoms with Gasteiger partial charge in [0.25, 0.3) is 0 Å². The second-order valence-corrected chi connectivity index (χ2v) is 8.43. The molecule has 4 aromatic heterocycles. The van der Waals surface area contributed by atoms with Crippen molar-refractivity contribution in [3.8, 4) is 0 Å². The Morgan fingerprint density at radius 1 is 1.03 bits per heavy atom. The maximum atomic E-state index is 5.14. The van der Waals surface area contributed by atoms with E-state index in [1.54, 1.807) is 0 Å². The van der Waals surface area contributed by atoms with Crippen molar-refractivity contribution < 1.29 is 0 Å². The minimum Gasteiger partial charge on any atom is -0.340 e. The van der Waals surface area contributed by atoms with E-state index in [2.05, 4.69) is 50.0 Å². The van der Waals surface area contributed by atoms with Crippen molar-refractivity contribution in [2.24, 2.45) is 0 Å². The zero-order valence-corrected chi connectivity index (χ0v) is 17.2. The molecule has 0 radical (unpaired) electrons. The van der Waals surface area contributed by atoms with Crippen LogP contribution in [0.5, 0.6) is 0 Å². The van der Waals surface area contributed by atoms with Gasteiger partial charge in [0.1, 0.15) is 17.5 Å². The van der Waals surface area contributed by atoms with E-state index in [0.717, 1.165) is 83.5 Å². The van der Waals surface area contributed by atoms with Gasteiger partial charge in [0.2, 0.25) is 0 Å². The molecule has 1 aliphatic carbocycles. The van der Waals surface area contributed by atoms with E-state index in [0.29, 0.717) is 0 Å². The minimum atomic E-state index is -0.114. The SMILES string of the molecule is Cc1cnc2nc(C3(c4ccc5c(n4)CCCN5c4ccnc(C)n4)CC3)[nH]c2c1. The van der Waals surface area contributed by atoms with Crippen molar-refractivity contribution in [3.05, 3.63) is 65.3 Å². The van der Waals surface area contributed by atoms with Crippen molar-refractivity contribution in [1.82, 2.24) is 29.9 Å². The topological polar surface area (TPSA) is 83.5 Å². The van der Waals surface area contributed by atoms with Crippen LogP contribution in [0, 0.1) is 13.8 Å². The number of anilines is 2. The molecule has 1 saturated carbocycles. The molecule has 0 spiro atoms. The molecule has 7 nitrogen and oxygen atoms in total. The molecule has 5 heterocycles. The van der Waals surface area contributed by atoms with Gasteiger partial charge in [-0.25, -0.2) is 19.9 Å². The summed E-state index contributed by atoms with van der Waals surface area (Å²) in [6, 6.07) is 8.46. The maximum Gasteiger partial charge on any atom is 0.177 e. The van der Waals surface area contributed by atoms with Crippen molar-refractivity contribution in [2.45, 2.75) is 44.9 Å². The van der Waals surface area contributed by atoms with Crippen LogP contribution < -0.4 is 4.90 Å². The van der Waals surface area contributed by atoms with E-state index in [9.17, 15) is 0 Å². The fraction of sp³-hybridized carbons (Fsp3) is 0.348. The van der Waals surface area contributed by atoms with Crippen molar-refractivity contribution >= 4 is 22.7 Å². The van der Waals surface area contributed by atoms with E-state index >= 15 is 0 Å². The lowest BCUT2D eigenvalue weighted by Gasteiger charge is -2.30. The van der Waals surface area contributed by atoms with Gasteiger partial charge in [-0.3, -0.25) is 4.98 Å². The number of nitrogens with zero attached hydrogens (tertiary/aromatic N) is 6. The number of H-pyrrole nitrogens is 1. The Balaban J connectivity index is 1.39. The number of hydrogen-bond acceptors (Lipinski definition) is 6. The molecule has 150 valence electrons. The van der Waals surface area contributed by atoms with Gasteiger partial charge >= 0.3 is 0 Å². The number of aromatic amines is 1. The minimum absolute atomic E-state index is 0.114. The Kier molecular flexibility index (Phi) is 3.69. The zero-order valence-electron chi connectivity index (χ0n) is 17.2. The second-order valence-electron chi connectivity index (χ2n) is 8.43. The van der Waals surface area contributed by atoms with Crippen LogP contribution in [0.2, 0.25) is 0 Å². The number of pyridine rings is 2. The fourth-order valence-corrected chi connectivity index (χ4v) is 4.52. The first-order valence-corrected chi connectivity index (χ1v) is 10.5. The first kappa shape index (κ1) is 17.5. The van der Waals surface area contributed by atoms with E-state index in [-0.39, 0.29) is 5.41 Å².